The van der Waals surface area contributed by atoms with E-state index in [9.17, 15) is 4.79 Å². The third-order valence-corrected chi connectivity index (χ3v) is 12.0. The third kappa shape index (κ3) is 5.89. The topological polar surface area (TPSA) is 89.3 Å². The van der Waals surface area contributed by atoms with Crippen LogP contribution in [0.4, 0.5) is 11.4 Å². The van der Waals surface area contributed by atoms with Gasteiger partial charge in [0.15, 0.2) is 0 Å². The number of hydrogen-bond donors (Lipinski definition) is 3. The molecule has 0 aromatic heterocycles. The molecule has 0 amide bonds. The number of anilines is 2. The summed E-state index contributed by atoms with van der Waals surface area (Å²) in [7, 11) is 0. The zero-order valence-corrected chi connectivity index (χ0v) is 25.0. The van der Waals surface area contributed by atoms with Crippen molar-refractivity contribution >= 4 is 17.3 Å². The van der Waals surface area contributed by atoms with Crippen LogP contribution in [0.25, 0.3) is 0 Å². The number of fused-ring (bicyclic) bond motifs is 5. The lowest BCUT2D eigenvalue weighted by Gasteiger charge is -2.61. The lowest BCUT2D eigenvalue weighted by atomic mass is 9.44. The van der Waals surface area contributed by atoms with E-state index < -0.39 is 5.97 Å². The van der Waals surface area contributed by atoms with Crippen LogP contribution in [0.3, 0.4) is 0 Å². The number of carboxylic acids is 1. The molecule has 1 aromatic carbocycles. The molecule has 1 aromatic rings. The molecular weight excluding hydrogens is 468 g/mol. The summed E-state index contributed by atoms with van der Waals surface area (Å²) in [5.74, 6) is 6.12. The molecule has 0 aliphatic heterocycles. The van der Waals surface area contributed by atoms with Crippen LogP contribution in [-0.2, 0) is 0 Å². The molecule has 4 saturated carbocycles. The van der Waals surface area contributed by atoms with E-state index in [0.29, 0.717) is 22.2 Å². The standard InChI is InChI=1S/C27H48.C7H8N2O2/c1-19(2)9-8-10-20(3)23-14-15-24-22-13-12-21-11-6-7-17-26(21,4)25(22)16-18-27(23,24)5;8-5-1-4(7(10)11)2-6(9)3-5/h19-25H,6-18H2,1-5H3;1-3H,8-9H2,(H,10,11)/t20-,21?,22+,23-,24+,25+,26+,27-;/m1./s1. The van der Waals surface area contributed by atoms with Crippen molar-refractivity contribution in [1.82, 2.24) is 0 Å². The number of nitrogen functional groups attached to an aromatic ring is 2. The molecule has 5 rings (SSSR count). The third-order valence-electron chi connectivity index (χ3n) is 12.0. The fraction of sp³-hybridized carbons (Fsp3) is 0.794. The van der Waals surface area contributed by atoms with Crippen molar-refractivity contribution in [1.29, 1.82) is 0 Å². The van der Waals surface area contributed by atoms with Crippen LogP contribution in [0.2, 0.25) is 0 Å². The fourth-order valence-corrected chi connectivity index (χ4v) is 10.1. The summed E-state index contributed by atoms with van der Waals surface area (Å²) in [6.07, 6.45) is 19.9. The molecule has 0 bridgehead atoms. The van der Waals surface area contributed by atoms with Crippen LogP contribution in [0.1, 0.15) is 128 Å². The highest BCUT2D eigenvalue weighted by molar-refractivity contribution is 5.90. The fourth-order valence-electron chi connectivity index (χ4n) is 10.1. The average molecular weight is 525 g/mol. The molecule has 1 unspecified atom stereocenters. The highest BCUT2D eigenvalue weighted by Gasteiger charge is 2.60. The van der Waals surface area contributed by atoms with E-state index >= 15 is 0 Å². The van der Waals surface area contributed by atoms with Crippen LogP contribution >= 0.6 is 0 Å². The lowest BCUT2D eigenvalue weighted by molar-refractivity contribution is -0.114. The zero-order valence-electron chi connectivity index (χ0n) is 25.0. The minimum Gasteiger partial charge on any atom is -0.478 e. The van der Waals surface area contributed by atoms with Gasteiger partial charge in [0.2, 0.25) is 0 Å². The summed E-state index contributed by atoms with van der Waals surface area (Å²) in [6, 6.07) is 4.23. The van der Waals surface area contributed by atoms with Crippen LogP contribution in [-0.4, -0.2) is 11.1 Å². The Balaban J connectivity index is 0.000000257. The Morgan fingerprint density at radius 2 is 1.55 bits per heavy atom. The van der Waals surface area contributed by atoms with Crippen molar-refractivity contribution in [3.8, 4) is 0 Å². The number of benzene rings is 1. The molecule has 8 atom stereocenters. The molecule has 5 N–H and O–H groups in total. The Hall–Kier alpha value is -1.71. The number of nitrogens with two attached hydrogens (primary N) is 2. The molecule has 4 fully saturated rings. The van der Waals surface area contributed by atoms with E-state index in [-0.39, 0.29) is 5.56 Å². The smallest absolute Gasteiger partial charge is 0.335 e. The van der Waals surface area contributed by atoms with Gasteiger partial charge in [-0.3, -0.25) is 0 Å². The van der Waals surface area contributed by atoms with E-state index in [4.69, 9.17) is 16.6 Å². The molecule has 4 heteroatoms. The highest BCUT2D eigenvalue weighted by Crippen LogP contribution is 2.68. The molecule has 0 heterocycles. The largest absolute Gasteiger partial charge is 0.478 e. The van der Waals surface area contributed by atoms with E-state index in [2.05, 4.69) is 34.6 Å². The first-order chi connectivity index (χ1) is 18.0. The predicted molar refractivity (Wildman–Crippen MR) is 160 cm³/mol. The minimum absolute atomic E-state index is 0.113. The average Bonchev–Trinajstić information content (AvgIpc) is 3.20. The van der Waals surface area contributed by atoms with E-state index in [1.807, 2.05) is 0 Å². The first-order valence-corrected chi connectivity index (χ1v) is 15.8. The van der Waals surface area contributed by atoms with Gasteiger partial charge in [-0.15, -0.1) is 0 Å². The number of hydrogen-bond acceptors (Lipinski definition) is 3. The summed E-state index contributed by atoms with van der Waals surface area (Å²) in [4.78, 5) is 10.4. The Morgan fingerprint density at radius 3 is 2.21 bits per heavy atom. The summed E-state index contributed by atoms with van der Waals surface area (Å²) < 4.78 is 0. The second-order valence-corrected chi connectivity index (χ2v) is 14.6. The number of rotatable bonds is 6. The molecule has 0 spiro atoms. The Bertz CT molecular complexity index is 940. The highest BCUT2D eigenvalue weighted by atomic mass is 16.4. The SMILES string of the molecule is CC(C)CCC[C@@H](C)[C@H]1CC[C@H]2[C@@H]3CCC4CCCC[C@]4(C)[C@H]3CC[C@]12C.Nc1cc(N)cc(C(=O)O)c1. The van der Waals surface area contributed by atoms with Gasteiger partial charge in [0.05, 0.1) is 5.56 Å². The van der Waals surface area contributed by atoms with Gasteiger partial charge in [-0.25, -0.2) is 4.79 Å². The second kappa shape index (κ2) is 11.8. The van der Waals surface area contributed by atoms with Crippen LogP contribution < -0.4 is 11.5 Å². The van der Waals surface area contributed by atoms with E-state index in [0.717, 1.165) is 41.4 Å². The second-order valence-electron chi connectivity index (χ2n) is 14.6. The number of carboxylic acid groups (broad SMARTS) is 1. The summed E-state index contributed by atoms with van der Waals surface area (Å²) in [6.45, 7) is 12.9. The van der Waals surface area contributed by atoms with Crippen molar-refractivity contribution in [2.24, 2.45) is 52.3 Å². The summed E-state index contributed by atoms with van der Waals surface area (Å²) in [5.41, 5.74) is 12.9. The Labute approximate surface area is 232 Å². The van der Waals surface area contributed by atoms with E-state index in [1.54, 1.807) is 51.4 Å². The van der Waals surface area contributed by atoms with Gasteiger partial charge in [-0.1, -0.05) is 66.7 Å². The van der Waals surface area contributed by atoms with Gasteiger partial charge < -0.3 is 16.6 Å². The van der Waals surface area contributed by atoms with Gasteiger partial charge >= 0.3 is 5.97 Å². The molecular formula is C34H56N2O2. The maximum absolute atomic E-state index is 10.4. The van der Waals surface area contributed by atoms with E-state index in [1.165, 1.54) is 50.3 Å². The molecule has 214 valence electrons. The Kier molecular flexibility index (Phi) is 9.09. The molecule has 38 heavy (non-hydrogen) atoms. The molecule has 4 aliphatic carbocycles. The first kappa shape index (κ1) is 29.3. The maximum Gasteiger partial charge on any atom is 0.335 e. The van der Waals surface area contributed by atoms with Gasteiger partial charge in [-0.05, 0) is 122 Å². The van der Waals surface area contributed by atoms with Crippen molar-refractivity contribution in [3.05, 3.63) is 23.8 Å². The van der Waals surface area contributed by atoms with Crippen LogP contribution in [0, 0.1) is 52.3 Å². The van der Waals surface area contributed by atoms with Crippen molar-refractivity contribution in [3.63, 3.8) is 0 Å². The quantitative estimate of drug-likeness (QED) is 0.324. The molecule has 0 saturated heterocycles. The van der Waals surface area contributed by atoms with Crippen molar-refractivity contribution < 1.29 is 9.90 Å². The summed E-state index contributed by atoms with van der Waals surface area (Å²) >= 11 is 0. The van der Waals surface area contributed by atoms with Crippen LogP contribution in [0.5, 0.6) is 0 Å². The molecule has 0 radical (unpaired) electrons. The lowest BCUT2D eigenvalue weighted by Crippen LogP contribution is -2.53. The zero-order chi connectivity index (χ0) is 27.7. The van der Waals surface area contributed by atoms with Gasteiger partial charge in [0, 0.05) is 11.4 Å². The molecule has 4 aliphatic rings. The summed E-state index contributed by atoms with van der Waals surface area (Å²) in [5, 5.41) is 8.52. The van der Waals surface area contributed by atoms with Gasteiger partial charge in [0.1, 0.15) is 0 Å². The minimum atomic E-state index is -1.02. The Morgan fingerprint density at radius 1 is 0.868 bits per heavy atom. The monoisotopic (exact) mass is 524 g/mol. The van der Waals surface area contributed by atoms with Gasteiger partial charge in [0.25, 0.3) is 0 Å². The van der Waals surface area contributed by atoms with Crippen molar-refractivity contribution in [2.75, 3.05) is 11.5 Å². The predicted octanol–water partition coefficient (Wildman–Crippen LogP) is 9.05. The van der Waals surface area contributed by atoms with Crippen LogP contribution in [0.15, 0.2) is 18.2 Å². The molecule has 4 nitrogen and oxygen atoms in total. The normalized spacial score (nSPS) is 36.8. The number of carbonyl (C=O) groups is 1. The number of aromatic carboxylic acids is 1. The first-order valence-electron chi connectivity index (χ1n) is 15.8. The van der Waals surface area contributed by atoms with Gasteiger partial charge in [-0.2, -0.15) is 0 Å². The maximum atomic E-state index is 10.4. The van der Waals surface area contributed by atoms with Crippen molar-refractivity contribution in [2.45, 2.75) is 118 Å².